The number of aliphatic hydroxyl groups excluding tert-OH is 1. The van der Waals surface area contributed by atoms with Crippen molar-refractivity contribution in [1.29, 1.82) is 0 Å². The maximum absolute atomic E-state index is 14.2. The van der Waals surface area contributed by atoms with E-state index in [-0.39, 0.29) is 29.4 Å². The van der Waals surface area contributed by atoms with Crippen LogP contribution in [0.5, 0.6) is 5.75 Å². The number of hydrogen-bond donors (Lipinski definition) is 3. The number of nitrogens with zero attached hydrogens (tertiary/aromatic N) is 2. The number of carbonyl (C=O) groups excluding carboxylic acids is 3. The van der Waals surface area contributed by atoms with Crippen molar-refractivity contribution >= 4 is 17.7 Å². The summed E-state index contributed by atoms with van der Waals surface area (Å²) in [6.07, 6.45) is -0.0520. The van der Waals surface area contributed by atoms with Crippen LogP contribution in [0.4, 0.5) is 8.78 Å². The third-order valence-electron chi connectivity index (χ3n) is 8.17. The van der Waals surface area contributed by atoms with Crippen molar-refractivity contribution in [3.8, 4) is 5.75 Å². The molecule has 3 atom stereocenters. The van der Waals surface area contributed by atoms with Crippen LogP contribution in [-0.4, -0.2) is 84.1 Å². The molecule has 0 unspecified atom stereocenters. The molecule has 1 heterocycles. The summed E-state index contributed by atoms with van der Waals surface area (Å²) in [6.45, 7) is 8.00. The highest BCUT2D eigenvalue weighted by Gasteiger charge is 2.38. The minimum Gasteiger partial charge on any atom is -0.497 e. The summed E-state index contributed by atoms with van der Waals surface area (Å²) in [7, 11) is 1.57. The van der Waals surface area contributed by atoms with Gasteiger partial charge in [0.25, 0.3) is 11.8 Å². The molecule has 0 aliphatic carbocycles. The van der Waals surface area contributed by atoms with E-state index in [9.17, 15) is 28.3 Å². The molecule has 0 saturated carbocycles. The highest BCUT2D eigenvalue weighted by Crippen LogP contribution is 2.20. The molecule has 0 radical (unpaired) electrons. The molecule has 1 fully saturated rings. The number of nitrogens with one attached hydrogen (secondary N) is 2. The quantitative estimate of drug-likeness (QED) is 0.241. The molecule has 4 rings (SSSR count). The molecule has 9 nitrogen and oxygen atoms in total. The van der Waals surface area contributed by atoms with E-state index in [0.29, 0.717) is 49.6 Å². The monoisotopic (exact) mass is 650 g/mol. The van der Waals surface area contributed by atoms with Crippen molar-refractivity contribution in [3.63, 3.8) is 0 Å². The minimum atomic E-state index is -1.47. The molecule has 1 aliphatic rings. The van der Waals surface area contributed by atoms with Crippen LogP contribution in [-0.2, 0) is 17.8 Å². The summed E-state index contributed by atoms with van der Waals surface area (Å²) in [5.74, 6) is -2.08. The maximum Gasteiger partial charge on any atom is 0.253 e. The van der Waals surface area contributed by atoms with Crippen molar-refractivity contribution in [3.05, 3.63) is 100 Å². The summed E-state index contributed by atoms with van der Waals surface area (Å²) in [6, 6.07) is 12.9. The van der Waals surface area contributed by atoms with Crippen molar-refractivity contribution in [2.24, 2.45) is 0 Å². The number of benzene rings is 3. The first kappa shape index (κ1) is 35.5. The Morgan fingerprint density at radius 2 is 1.64 bits per heavy atom. The van der Waals surface area contributed by atoms with Crippen LogP contribution in [0.15, 0.2) is 60.7 Å². The predicted octanol–water partition coefficient (Wildman–Crippen LogP) is 4.25. The average Bonchev–Trinajstić information content (AvgIpc) is 3.04. The number of carbonyl (C=O) groups is 3. The number of piperazine rings is 1. The number of amides is 3. The van der Waals surface area contributed by atoms with Gasteiger partial charge in [0.05, 0.1) is 19.3 Å². The zero-order valence-electron chi connectivity index (χ0n) is 27.4. The van der Waals surface area contributed by atoms with Gasteiger partial charge in [0, 0.05) is 49.9 Å². The largest absolute Gasteiger partial charge is 0.497 e. The predicted molar refractivity (Wildman–Crippen MR) is 175 cm³/mol. The topological polar surface area (TPSA) is 111 Å². The second-order valence-corrected chi connectivity index (χ2v) is 12.0. The summed E-state index contributed by atoms with van der Waals surface area (Å²) in [5.41, 5.74) is 2.31. The molecule has 0 bridgehead atoms. The van der Waals surface area contributed by atoms with Crippen molar-refractivity contribution in [2.75, 3.05) is 33.3 Å². The van der Waals surface area contributed by atoms with Crippen LogP contribution < -0.4 is 15.4 Å². The summed E-state index contributed by atoms with van der Waals surface area (Å²) in [5, 5.41) is 17.5. The van der Waals surface area contributed by atoms with Crippen LogP contribution in [0.3, 0.4) is 0 Å². The SMILES string of the molecule is CCCN(CCC)C(=O)c1cc(C)cc(C(=O)N[C@@H](Cc2cc(F)cc(F)c2)[C@H](O)[C@@H]2NCCN(Cc3ccc(OC)cc3)C2=O)c1. The van der Waals surface area contributed by atoms with Gasteiger partial charge < -0.3 is 30.3 Å². The van der Waals surface area contributed by atoms with Crippen molar-refractivity contribution in [2.45, 2.75) is 64.8 Å². The summed E-state index contributed by atoms with van der Waals surface area (Å²) >= 11 is 0. The Kier molecular flexibility index (Phi) is 12.4. The second kappa shape index (κ2) is 16.5. The number of hydrogen-bond acceptors (Lipinski definition) is 6. The van der Waals surface area contributed by atoms with Crippen LogP contribution in [0.1, 0.15) is 64.1 Å². The second-order valence-electron chi connectivity index (χ2n) is 12.0. The lowest BCUT2D eigenvalue weighted by Crippen LogP contribution is -2.63. The van der Waals surface area contributed by atoms with E-state index in [1.807, 2.05) is 26.0 Å². The molecule has 1 saturated heterocycles. The van der Waals surface area contributed by atoms with E-state index in [1.54, 1.807) is 48.1 Å². The van der Waals surface area contributed by atoms with Gasteiger partial charge in [0.15, 0.2) is 0 Å². The van der Waals surface area contributed by atoms with E-state index >= 15 is 0 Å². The zero-order valence-corrected chi connectivity index (χ0v) is 27.4. The number of rotatable bonds is 14. The highest BCUT2D eigenvalue weighted by molar-refractivity contribution is 6.00. The first-order valence-electron chi connectivity index (χ1n) is 16.0. The zero-order chi connectivity index (χ0) is 34.1. The van der Waals surface area contributed by atoms with Gasteiger partial charge in [-0.05, 0) is 85.3 Å². The third-order valence-corrected chi connectivity index (χ3v) is 8.17. The van der Waals surface area contributed by atoms with Crippen LogP contribution in [0, 0.1) is 18.6 Å². The number of aryl methyl sites for hydroxylation is 1. The molecule has 11 heteroatoms. The van der Waals surface area contributed by atoms with Gasteiger partial charge >= 0.3 is 0 Å². The molecular weight excluding hydrogens is 606 g/mol. The first-order chi connectivity index (χ1) is 22.5. The van der Waals surface area contributed by atoms with E-state index < -0.39 is 35.7 Å². The molecule has 3 N–H and O–H groups in total. The molecular formula is C36H44F2N4O5. The smallest absolute Gasteiger partial charge is 0.253 e. The minimum absolute atomic E-state index is 0.163. The fourth-order valence-corrected chi connectivity index (χ4v) is 5.92. The van der Waals surface area contributed by atoms with Gasteiger partial charge in [0.1, 0.15) is 23.4 Å². The van der Waals surface area contributed by atoms with Crippen molar-refractivity contribution < 1.29 is 33.0 Å². The molecule has 1 aliphatic heterocycles. The van der Waals surface area contributed by atoms with Gasteiger partial charge in [-0.1, -0.05) is 26.0 Å². The first-order valence-corrected chi connectivity index (χ1v) is 16.0. The Morgan fingerprint density at radius 3 is 2.26 bits per heavy atom. The van der Waals surface area contributed by atoms with Crippen LogP contribution >= 0.6 is 0 Å². The Hall–Kier alpha value is -4.35. The Morgan fingerprint density at radius 1 is 1.00 bits per heavy atom. The number of ether oxygens (including phenoxy) is 1. The van der Waals surface area contributed by atoms with Gasteiger partial charge in [-0.25, -0.2) is 8.78 Å². The number of halogens is 2. The standard InChI is InChI=1S/C36H44F2N4O5/c1-5-12-41(13-6-2)35(45)27-16-23(3)15-26(20-27)34(44)40-31(19-25-17-28(37)21-29(38)18-25)33(43)32-36(46)42(14-11-39-32)22-24-7-9-30(47-4)10-8-24/h7-10,15-18,20-21,31-33,39,43H,5-6,11-14,19,22H2,1-4H3,(H,40,44)/t31-,32-,33-/m0/s1. The van der Waals surface area contributed by atoms with E-state index in [0.717, 1.165) is 36.6 Å². The fraction of sp³-hybridized carbons (Fsp3) is 0.417. The molecule has 3 aromatic rings. The van der Waals surface area contributed by atoms with Gasteiger partial charge in [0.2, 0.25) is 5.91 Å². The molecule has 0 spiro atoms. The Balaban J connectivity index is 1.60. The van der Waals surface area contributed by atoms with Gasteiger partial charge in [-0.2, -0.15) is 0 Å². The van der Waals surface area contributed by atoms with E-state index in [1.165, 1.54) is 6.07 Å². The molecule has 47 heavy (non-hydrogen) atoms. The Bertz CT molecular complexity index is 1520. The van der Waals surface area contributed by atoms with Gasteiger partial charge in [-0.15, -0.1) is 0 Å². The number of methoxy groups -OCH3 is 1. The fourth-order valence-electron chi connectivity index (χ4n) is 5.92. The highest BCUT2D eigenvalue weighted by atomic mass is 19.1. The van der Waals surface area contributed by atoms with Crippen LogP contribution in [0.2, 0.25) is 0 Å². The summed E-state index contributed by atoms with van der Waals surface area (Å²) in [4.78, 5) is 44.1. The molecule has 3 aromatic carbocycles. The Labute approximate surface area is 274 Å². The van der Waals surface area contributed by atoms with Gasteiger partial charge in [-0.3, -0.25) is 14.4 Å². The lowest BCUT2D eigenvalue weighted by atomic mass is 9.93. The summed E-state index contributed by atoms with van der Waals surface area (Å²) < 4.78 is 33.5. The average molecular weight is 651 g/mol. The molecule has 3 amide bonds. The lowest BCUT2D eigenvalue weighted by molar-refractivity contribution is -0.140. The maximum atomic E-state index is 14.2. The number of aliphatic hydroxyl groups is 1. The van der Waals surface area contributed by atoms with Crippen molar-refractivity contribution in [1.82, 2.24) is 20.4 Å². The molecule has 252 valence electrons. The molecule has 0 aromatic heterocycles. The van der Waals surface area contributed by atoms with Crippen LogP contribution in [0.25, 0.3) is 0 Å². The lowest BCUT2D eigenvalue weighted by Gasteiger charge is -2.38. The van der Waals surface area contributed by atoms with E-state index in [2.05, 4.69) is 10.6 Å². The normalized spacial score (nSPS) is 16.0. The third kappa shape index (κ3) is 9.36. The van der Waals surface area contributed by atoms with E-state index in [4.69, 9.17) is 4.74 Å².